The van der Waals surface area contributed by atoms with Crippen molar-refractivity contribution in [1.82, 2.24) is 4.90 Å². The molecule has 2 N–H and O–H groups in total. The van der Waals surface area contributed by atoms with Gasteiger partial charge in [0.25, 0.3) is 0 Å². The smallest absolute Gasteiger partial charge is 0.0111 e. The van der Waals surface area contributed by atoms with Crippen LogP contribution in [0.5, 0.6) is 0 Å². The fourth-order valence-electron chi connectivity index (χ4n) is 3.01. The topological polar surface area (TPSA) is 29.3 Å². The highest BCUT2D eigenvalue weighted by Crippen LogP contribution is 2.30. The Morgan fingerprint density at radius 1 is 1.21 bits per heavy atom. The second kappa shape index (κ2) is 4.19. The maximum Gasteiger partial charge on any atom is 0.0111 e. The molecule has 3 unspecified atom stereocenters. The Kier molecular flexibility index (Phi) is 3.13. The minimum atomic E-state index is 0.484. The minimum Gasteiger partial charge on any atom is -0.328 e. The number of nitrogens with two attached hydrogens (primary N) is 1. The predicted octanol–water partition coefficient (Wildman–Crippen LogP) is 1.84. The molecule has 2 aliphatic rings. The molecule has 14 heavy (non-hydrogen) atoms. The lowest BCUT2D eigenvalue weighted by Gasteiger charge is -2.24. The molecule has 0 spiro atoms. The van der Waals surface area contributed by atoms with Gasteiger partial charge < -0.3 is 10.6 Å². The Morgan fingerprint density at radius 2 is 2.00 bits per heavy atom. The molecule has 2 nitrogen and oxygen atoms in total. The third-order valence-electron chi connectivity index (χ3n) is 4.16. The number of nitrogens with zero attached hydrogens (tertiary/aromatic N) is 1. The van der Waals surface area contributed by atoms with E-state index in [-0.39, 0.29) is 0 Å². The summed E-state index contributed by atoms with van der Waals surface area (Å²) in [6.07, 6.45) is 5.23. The second-order valence-electron chi connectivity index (χ2n) is 5.51. The maximum absolute atomic E-state index is 5.96. The molecule has 2 heteroatoms. The van der Waals surface area contributed by atoms with Crippen LogP contribution in [-0.4, -0.2) is 30.1 Å². The SMILES string of the molecule is CC(C)C1CCN(C2CCC(N)C2)C1. The van der Waals surface area contributed by atoms with Gasteiger partial charge in [-0.3, -0.25) is 0 Å². The van der Waals surface area contributed by atoms with Gasteiger partial charge in [-0.05, 0) is 44.1 Å². The fraction of sp³-hybridized carbons (Fsp3) is 1.00. The van der Waals surface area contributed by atoms with Crippen molar-refractivity contribution in [1.29, 1.82) is 0 Å². The minimum absolute atomic E-state index is 0.484. The largest absolute Gasteiger partial charge is 0.328 e. The van der Waals surface area contributed by atoms with E-state index in [1.54, 1.807) is 0 Å². The van der Waals surface area contributed by atoms with Crippen LogP contribution in [-0.2, 0) is 0 Å². The molecule has 1 aliphatic carbocycles. The zero-order valence-electron chi connectivity index (χ0n) is 9.58. The van der Waals surface area contributed by atoms with Crippen molar-refractivity contribution in [3.05, 3.63) is 0 Å². The Morgan fingerprint density at radius 3 is 2.50 bits per heavy atom. The highest BCUT2D eigenvalue weighted by atomic mass is 15.2. The fourth-order valence-corrected chi connectivity index (χ4v) is 3.01. The van der Waals surface area contributed by atoms with Crippen molar-refractivity contribution < 1.29 is 0 Å². The molecule has 1 saturated carbocycles. The molecule has 0 bridgehead atoms. The van der Waals surface area contributed by atoms with E-state index >= 15 is 0 Å². The van der Waals surface area contributed by atoms with Crippen LogP contribution < -0.4 is 5.73 Å². The van der Waals surface area contributed by atoms with E-state index in [0.717, 1.165) is 17.9 Å². The van der Waals surface area contributed by atoms with Crippen LogP contribution in [0.25, 0.3) is 0 Å². The van der Waals surface area contributed by atoms with Gasteiger partial charge in [-0.1, -0.05) is 13.8 Å². The molecule has 3 atom stereocenters. The number of likely N-dealkylation sites (tertiary alicyclic amines) is 1. The van der Waals surface area contributed by atoms with E-state index in [9.17, 15) is 0 Å². The van der Waals surface area contributed by atoms with Crippen molar-refractivity contribution in [3.8, 4) is 0 Å². The van der Waals surface area contributed by atoms with Crippen LogP contribution in [0.1, 0.15) is 39.5 Å². The molecule has 0 amide bonds. The standard InChI is InChI=1S/C12H24N2/c1-9(2)10-5-6-14(8-10)12-4-3-11(13)7-12/h9-12H,3-8,13H2,1-2H3. The number of hydrogen-bond donors (Lipinski definition) is 1. The van der Waals surface area contributed by atoms with Crippen LogP contribution in [0, 0.1) is 11.8 Å². The Labute approximate surface area is 87.8 Å². The van der Waals surface area contributed by atoms with E-state index in [2.05, 4.69) is 18.7 Å². The van der Waals surface area contributed by atoms with Gasteiger partial charge in [-0.25, -0.2) is 0 Å². The maximum atomic E-state index is 5.96. The summed E-state index contributed by atoms with van der Waals surface area (Å²) >= 11 is 0. The zero-order chi connectivity index (χ0) is 10.1. The molecule has 0 aromatic rings. The van der Waals surface area contributed by atoms with Crippen LogP contribution >= 0.6 is 0 Å². The van der Waals surface area contributed by atoms with Gasteiger partial charge in [0.15, 0.2) is 0 Å². The van der Waals surface area contributed by atoms with Crippen molar-refractivity contribution in [2.24, 2.45) is 17.6 Å². The van der Waals surface area contributed by atoms with Gasteiger partial charge >= 0.3 is 0 Å². The first kappa shape index (κ1) is 10.4. The van der Waals surface area contributed by atoms with Crippen molar-refractivity contribution >= 4 is 0 Å². The van der Waals surface area contributed by atoms with Crippen molar-refractivity contribution in [2.45, 2.75) is 51.6 Å². The lowest BCUT2D eigenvalue weighted by atomic mass is 9.95. The lowest BCUT2D eigenvalue weighted by Crippen LogP contribution is -2.33. The number of rotatable bonds is 2. The van der Waals surface area contributed by atoms with Gasteiger partial charge in [0.1, 0.15) is 0 Å². The molecule has 0 radical (unpaired) electrons. The summed E-state index contributed by atoms with van der Waals surface area (Å²) in [5.74, 6) is 1.79. The molecular formula is C12H24N2. The summed E-state index contributed by atoms with van der Waals surface area (Å²) in [5, 5.41) is 0. The average molecular weight is 196 g/mol. The summed E-state index contributed by atoms with van der Waals surface area (Å²) < 4.78 is 0. The summed E-state index contributed by atoms with van der Waals surface area (Å²) in [6.45, 7) is 7.36. The van der Waals surface area contributed by atoms with E-state index in [1.165, 1.54) is 38.8 Å². The quantitative estimate of drug-likeness (QED) is 0.730. The van der Waals surface area contributed by atoms with Gasteiger partial charge in [0, 0.05) is 18.6 Å². The van der Waals surface area contributed by atoms with Crippen molar-refractivity contribution in [2.75, 3.05) is 13.1 Å². The molecule has 1 aliphatic heterocycles. The zero-order valence-corrected chi connectivity index (χ0v) is 9.58. The second-order valence-corrected chi connectivity index (χ2v) is 5.51. The van der Waals surface area contributed by atoms with E-state index in [0.29, 0.717) is 6.04 Å². The molecular weight excluding hydrogens is 172 g/mol. The third-order valence-corrected chi connectivity index (χ3v) is 4.16. The number of hydrogen-bond acceptors (Lipinski definition) is 2. The first-order valence-electron chi connectivity index (χ1n) is 6.16. The summed E-state index contributed by atoms with van der Waals surface area (Å²) in [4.78, 5) is 2.69. The molecule has 0 aromatic carbocycles. The Balaban J connectivity index is 1.83. The normalized spacial score (nSPS) is 39.9. The molecule has 0 aromatic heterocycles. The third kappa shape index (κ3) is 2.12. The lowest BCUT2D eigenvalue weighted by molar-refractivity contribution is 0.227. The van der Waals surface area contributed by atoms with Gasteiger partial charge in [0.05, 0.1) is 0 Å². The summed E-state index contributed by atoms with van der Waals surface area (Å²) in [7, 11) is 0. The monoisotopic (exact) mass is 196 g/mol. The Bertz CT molecular complexity index is 191. The van der Waals surface area contributed by atoms with Gasteiger partial charge in [0.2, 0.25) is 0 Å². The molecule has 2 rings (SSSR count). The highest BCUT2D eigenvalue weighted by Gasteiger charge is 2.33. The predicted molar refractivity (Wildman–Crippen MR) is 60.1 cm³/mol. The van der Waals surface area contributed by atoms with E-state index < -0.39 is 0 Å². The van der Waals surface area contributed by atoms with Crippen LogP contribution in [0.4, 0.5) is 0 Å². The van der Waals surface area contributed by atoms with Crippen LogP contribution in [0.15, 0.2) is 0 Å². The Hall–Kier alpha value is -0.0800. The van der Waals surface area contributed by atoms with Crippen molar-refractivity contribution in [3.63, 3.8) is 0 Å². The summed E-state index contributed by atoms with van der Waals surface area (Å²) in [6, 6.07) is 1.30. The average Bonchev–Trinajstić information content (AvgIpc) is 2.70. The molecule has 1 saturated heterocycles. The molecule has 2 fully saturated rings. The first-order valence-corrected chi connectivity index (χ1v) is 6.16. The summed E-state index contributed by atoms with van der Waals surface area (Å²) in [5.41, 5.74) is 5.96. The molecule has 82 valence electrons. The van der Waals surface area contributed by atoms with Gasteiger partial charge in [-0.15, -0.1) is 0 Å². The molecule has 1 heterocycles. The van der Waals surface area contributed by atoms with Crippen LogP contribution in [0.2, 0.25) is 0 Å². The highest BCUT2D eigenvalue weighted by molar-refractivity contribution is 4.89. The van der Waals surface area contributed by atoms with E-state index in [4.69, 9.17) is 5.73 Å². The van der Waals surface area contributed by atoms with Gasteiger partial charge in [-0.2, -0.15) is 0 Å². The first-order chi connectivity index (χ1) is 6.66. The van der Waals surface area contributed by atoms with Crippen LogP contribution in [0.3, 0.4) is 0 Å². The van der Waals surface area contributed by atoms with E-state index in [1.807, 2.05) is 0 Å².